The van der Waals surface area contributed by atoms with Crippen LogP contribution in [0.4, 0.5) is 94.8 Å². The molecule has 0 aliphatic carbocycles. The fraction of sp³-hybridized carbons (Fsp3) is 1.00. The SMILES string of the molecule is CC1COP(F)O1.CC1OP(F)OC1C.CC1OP(F)OC1C(F)(F)F.CCC1COP(F)O1.FC1COP(F)O1.FC1OP(F)OC1F.FP1OC(F)(F)C(F)(F)O1.FP1OCC(C(F)(F)F)O1.FP1OCCO1. The molecule has 450 valence electrons. The summed E-state index contributed by atoms with van der Waals surface area (Å²) in [5.41, 5.74) is 0. The number of rotatable bonds is 1. The minimum atomic E-state index is -4.84. The van der Waals surface area contributed by atoms with Gasteiger partial charge in [0.1, 0.15) is 6.61 Å². The zero-order chi connectivity index (χ0) is 57.6. The Morgan fingerprint density at radius 1 is 0.413 bits per heavy atom. The molecule has 0 aromatic carbocycles. The van der Waals surface area contributed by atoms with E-state index in [-0.39, 0.29) is 31.0 Å². The molecular formula is C26H39F22O18P9. The molecule has 0 N–H and O–H groups in total. The molecule has 9 fully saturated rings. The van der Waals surface area contributed by atoms with Gasteiger partial charge in [0.05, 0.1) is 63.6 Å². The molecule has 9 heterocycles. The maximum absolute atomic E-state index is 12.1. The monoisotopic (exact) mass is 1340 g/mol. The summed E-state index contributed by atoms with van der Waals surface area (Å²) in [7, 11) is -22.5. The summed E-state index contributed by atoms with van der Waals surface area (Å²) in [6.07, 6.45) is -29.6. The fourth-order valence-corrected chi connectivity index (χ4v) is 9.83. The van der Waals surface area contributed by atoms with Crippen molar-refractivity contribution in [1.82, 2.24) is 0 Å². The molecule has 9 aliphatic rings. The molecule has 18 nitrogen and oxygen atoms in total. The predicted octanol–water partition coefficient (Wildman–Crippen LogP) is 17.3. The van der Waals surface area contributed by atoms with Crippen LogP contribution in [0.25, 0.3) is 0 Å². The Labute approximate surface area is 421 Å². The zero-order valence-electron chi connectivity index (χ0n) is 37.4. The molecular weight excluding hydrogens is 1300 g/mol. The van der Waals surface area contributed by atoms with E-state index in [4.69, 9.17) is 0 Å². The molecule has 75 heavy (non-hydrogen) atoms. The zero-order valence-corrected chi connectivity index (χ0v) is 45.5. The van der Waals surface area contributed by atoms with E-state index in [9.17, 15) is 94.8 Å². The van der Waals surface area contributed by atoms with Gasteiger partial charge in [0, 0.05) is 0 Å². The molecule has 9 saturated heterocycles. The Morgan fingerprint density at radius 3 is 0.987 bits per heavy atom. The average Bonchev–Trinajstić information content (AvgIpc) is 4.16. The van der Waals surface area contributed by atoms with Gasteiger partial charge in [0.2, 0.25) is 6.36 Å². The maximum atomic E-state index is 12.1. The van der Waals surface area contributed by atoms with Crippen molar-refractivity contribution in [3.05, 3.63) is 0 Å². The molecule has 49 heteroatoms. The van der Waals surface area contributed by atoms with Gasteiger partial charge in [0.15, 0.2) is 12.2 Å². The minimum Gasteiger partial charge on any atom is -0.307 e. The minimum absolute atomic E-state index is 0.00566. The second-order valence-corrected chi connectivity index (χ2v) is 20.9. The molecule has 0 saturated carbocycles. The molecule has 0 amide bonds. The van der Waals surface area contributed by atoms with Crippen LogP contribution < -0.4 is 0 Å². The molecule has 0 aromatic heterocycles. The van der Waals surface area contributed by atoms with Crippen LogP contribution >= 0.6 is 78.2 Å². The Morgan fingerprint density at radius 2 is 0.827 bits per heavy atom. The molecule has 0 bridgehead atoms. The van der Waals surface area contributed by atoms with Crippen LogP contribution in [0, 0.1) is 0 Å². The third kappa shape index (κ3) is 31.7. The normalized spacial score (nSPS) is 38.7. The van der Waals surface area contributed by atoms with E-state index in [1.54, 1.807) is 20.8 Å². The summed E-state index contributed by atoms with van der Waals surface area (Å²) in [6, 6.07) is 0. The smallest absolute Gasteiger partial charge is 0.307 e. The molecule has 15 atom stereocenters. The van der Waals surface area contributed by atoms with Gasteiger partial charge in [-0.1, -0.05) is 6.92 Å². The highest BCUT2D eigenvalue weighted by molar-refractivity contribution is 7.43. The third-order valence-corrected chi connectivity index (χ3v) is 14.6. The Bertz CT molecular complexity index is 1440. The average molecular weight is 1340 g/mol. The van der Waals surface area contributed by atoms with Crippen molar-refractivity contribution in [2.24, 2.45) is 0 Å². The van der Waals surface area contributed by atoms with Crippen molar-refractivity contribution in [2.45, 2.75) is 127 Å². The number of hydrogen-bond acceptors (Lipinski definition) is 18. The highest BCUT2D eigenvalue weighted by Gasteiger charge is 2.69. The lowest BCUT2D eigenvalue weighted by molar-refractivity contribution is -0.344. The lowest BCUT2D eigenvalue weighted by Gasteiger charge is -2.14. The Kier molecular flexibility index (Phi) is 36.2. The van der Waals surface area contributed by atoms with E-state index in [1.807, 2.05) is 6.92 Å². The fourth-order valence-electron chi connectivity index (χ4n) is 3.60. The highest BCUT2D eigenvalue weighted by atomic mass is 31.2. The van der Waals surface area contributed by atoms with Gasteiger partial charge in [-0.15, -0.1) is 0 Å². The summed E-state index contributed by atoms with van der Waals surface area (Å²) in [5, 5.41) is 0. The van der Waals surface area contributed by atoms with Crippen LogP contribution in [-0.2, 0) is 81.4 Å². The number of hydrogen-bond donors (Lipinski definition) is 0. The van der Waals surface area contributed by atoms with Crippen LogP contribution in [-0.4, -0.2) is 126 Å². The lowest BCUT2D eigenvalue weighted by Crippen LogP contribution is -2.36. The second-order valence-electron chi connectivity index (χ2n) is 13.1. The first-order valence-electron chi connectivity index (χ1n) is 19.2. The second kappa shape index (κ2) is 36.3. The lowest BCUT2D eigenvalue weighted by atomic mass is 10.2. The van der Waals surface area contributed by atoms with Gasteiger partial charge < -0.3 is 49.8 Å². The van der Waals surface area contributed by atoms with Crippen molar-refractivity contribution in [3.63, 3.8) is 0 Å². The Hall–Kier alpha value is 1.61. The van der Waals surface area contributed by atoms with Crippen LogP contribution in [0.15, 0.2) is 0 Å². The van der Waals surface area contributed by atoms with Gasteiger partial charge in [0.25, 0.3) is 12.7 Å². The van der Waals surface area contributed by atoms with E-state index in [1.165, 1.54) is 0 Å². The molecule has 9 rings (SSSR count). The standard InChI is InChI=1S/C4H5F4O2P.2C4H8FO2P.C3H3F4O2P.C3H6FO2P.C2F5O2P.C2H2F3O2P.C2H3F2O2P.C2H4FO2P/c1-2-3(4(5,6)7)10-11(8)9-2;1-3-4(2)7-8(5)6-3;1-2-4-3-6-8(5)7-4;4-3(5,6)2-1-8-10(7)9-2;1-3-2-5-7(4)6-3;3-1(4)2(5,6)9-10(7)8-1;3-1-2(4)7-8(5)6-1;3-2-1-5-7(4)6-2;3-6-4-1-2-5-6/h2-3H,1H3;3-4H,1-2H3;4H,2-3H2,1H3;2H,1H2;3H,2H2,1H3;;1-2H;2H,1H2;1-2H2. The van der Waals surface area contributed by atoms with Crippen LogP contribution in [0.5, 0.6) is 0 Å². The van der Waals surface area contributed by atoms with Crippen molar-refractivity contribution in [1.29, 1.82) is 0 Å². The summed E-state index contributed by atoms with van der Waals surface area (Å²) < 4.78 is 330. The molecule has 0 spiro atoms. The van der Waals surface area contributed by atoms with E-state index >= 15 is 0 Å². The van der Waals surface area contributed by atoms with Crippen LogP contribution in [0.3, 0.4) is 0 Å². The third-order valence-electron chi connectivity index (χ3n) is 7.24. The summed E-state index contributed by atoms with van der Waals surface area (Å²) in [6.45, 7) is 9.13. The maximum Gasteiger partial charge on any atom is 0.455 e. The molecule has 0 aromatic rings. The summed E-state index contributed by atoms with van der Waals surface area (Å²) in [5.74, 6) is 0. The van der Waals surface area contributed by atoms with Gasteiger partial charge in [-0.05, 0) is 34.1 Å². The number of halogens is 22. The largest absolute Gasteiger partial charge is 0.455 e. The molecule has 0 radical (unpaired) electrons. The van der Waals surface area contributed by atoms with Crippen molar-refractivity contribution < 1.29 is 176 Å². The Balaban J connectivity index is 0.000000424. The first kappa shape index (κ1) is 74.6. The van der Waals surface area contributed by atoms with E-state index in [0.717, 1.165) is 13.3 Å². The first-order valence-corrected chi connectivity index (χ1v) is 28.8. The predicted molar refractivity (Wildman–Crippen MR) is 217 cm³/mol. The van der Waals surface area contributed by atoms with Gasteiger partial charge in [-0.25, -0.2) is 22.2 Å². The van der Waals surface area contributed by atoms with Crippen molar-refractivity contribution in [2.75, 3.05) is 39.6 Å². The van der Waals surface area contributed by atoms with E-state index in [0.29, 0.717) is 26.4 Å². The van der Waals surface area contributed by atoms with Crippen LogP contribution in [0.1, 0.15) is 41.0 Å². The molecule has 15 unspecified atom stereocenters. The summed E-state index contributed by atoms with van der Waals surface area (Å²) in [4.78, 5) is 0. The van der Waals surface area contributed by atoms with Crippen LogP contribution in [0.2, 0.25) is 0 Å². The highest BCUT2D eigenvalue weighted by Crippen LogP contribution is 2.62. The van der Waals surface area contributed by atoms with E-state index in [2.05, 4.69) is 81.4 Å². The number of alkyl halides is 13. The molecule has 9 aliphatic heterocycles. The topological polar surface area (TPSA) is 166 Å². The summed E-state index contributed by atoms with van der Waals surface area (Å²) >= 11 is 0. The van der Waals surface area contributed by atoms with Crippen molar-refractivity contribution in [3.8, 4) is 0 Å². The van der Waals surface area contributed by atoms with Crippen molar-refractivity contribution >= 4 is 78.2 Å². The van der Waals surface area contributed by atoms with Gasteiger partial charge in [-0.3, -0.25) is 22.6 Å². The first-order chi connectivity index (χ1) is 34.5. The van der Waals surface area contributed by atoms with Gasteiger partial charge in [-0.2, -0.15) is 81.7 Å². The van der Waals surface area contributed by atoms with E-state index < -0.39 is 147 Å². The quantitative estimate of drug-likeness (QED) is 0.179. The van der Waals surface area contributed by atoms with Gasteiger partial charge >= 0.3 is 103 Å².